The predicted molar refractivity (Wildman–Crippen MR) is 66.8 cm³/mol. The van der Waals surface area contributed by atoms with Crippen molar-refractivity contribution in [1.82, 2.24) is 4.90 Å². The minimum absolute atomic E-state index is 0.0386. The molecule has 98 valence electrons. The van der Waals surface area contributed by atoms with E-state index in [0.29, 0.717) is 6.61 Å². The van der Waals surface area contributed by atoms with Gasteiger partial charge in [0.25, 0.3) is 0 Å². The number of ether oxygens (including phenoxy) is 1. The molecule has 0 amide bonds. The fourth-order valence-electron chi connectivity index (χ4n) is 4.15. The van der Waals surface area contributed by atoms with E-state index in [9.17, 15) is 5.11 Å². The second-order valence-corrected chi connectivity index (χ2v) is 6.46. The maximum atomic E-state index is 9.70. The van der Waals surface area contributed by atoms with E-state index in [1.807, 2.05) is 0 Å². The van der Waals surface area contributed by atoms with Gasteiger partial charge in [-0.15, -0.1) is 0 Å². The Labute approximate surface area is 104 Å². The molecule has 2 saturated heterocycles. The molecule has 17 heavy (non-hydrogen) atoms. The molecule has 3 atom stereocenters. The standard InChI is InChI=1S/C14H25NO2/c16-10-14(5-2-6-17-11-14)9-15-7-12-3-1-4-13(12)8-15/h12-13,16H,1-11H2. The fraction of sp³-hybridized carbons (Fsp3) is 1.00. The maximum Gasteiger partial charge on any atom is 0.0556 e. The lowest BCUT2D eigenvalue weighted by Crippen LogP contribution is -2.45. The summed E-state index contributed by atoms with van der Waals surface area (Å²) in [5.41, 5.74) is 0.0386. The quantitative estimate of drug-likeness (QED) is 0.810. The first kappa shape index (κ1) is 11.9. The van der Waals surface area contributed by atoms with Gasteiger partial charge in [0.2, 0.25) is 0 Å². The first-order valence-corrected chi connectivity index (χ1v) is 7.22. The van der Waals surface area contributed by atoms with Gasteiger partial charge in [0.15, 0.2) is 0 Å². The lowest BCUT2D eigenvalue weighted by atomic mass is 9.83. The second kappa shape index (κ2) is 4.87. The summed E-state index contributed by atoms with van der Waals surface area (Å²) < 4.78 is 5.59. The molecule has 0 aromatic rings. The SMILES string of the molecule is OCC1(CN2CC3CCCC3C2)CCCOC1. The van der Waals surface area contributed by atoms with Gasteiger partial charge in [0, 0.05) is 31.7 Å². The van der Waals surface area contributed by atoms with Crippen LogP contribution in [0.3, 0.4) is 0 Å². The van der Waals surface area contributed by atoms with Crippen molar-refractivity contribution in [2.45, 2.75) is 32.1 Å². The summed E-state index contributed by atoms with van der Waals surface area (Å²) in [5.74, 6) is 1.91. The molecule has 1 aliphatic carbocycles. The van der Waals surface area contributed by atoms with Gasteiger partial charge in [-0.1, -0.05) is 6.42 Å². The van der Waals surface area contributed by atoms with E-state index in [0.717, 1.165) is 44.4 Å². The molecule has 0 aromatic heterocycles. The van der Waals surface area contributed by atoms with Crippen LogP contribution in [0.2, 0.25) is 0 Å². The van der Waals surface area contributed by atoms with Crippen molar-refractivity contribution >= 4 is 0 Å². The normalized spacial score (nSPS) is 42.9. The monoisotopic (exact) mass is 239 g/mol. The minimum atomic E-state index is 0.0386. The number of aliphatic hydroxyl groups is 1. The number of hydrogen-bond acceptors (Lipinski definition) is 3. The van der Waals surface area contributed by atoms with Crippen LogP contribution in [0.1, 0.15) is 32.1 Å². The topological polar surface area (TPSA) is 32.7 Å². The minimum Gasteiger partial charge on any atom is -0.396 e. The van der Waals surface area contributed by atoms with Crippen molar-refractivity contribution in [2.24, 2.45) is 17.3 Å². The Morgan fingerprint density at radius 2 is 1.94 bits per heavy atom. The van der Waals surface area contributed by atoms with E-state index in [-0.39, 0.29) is 5.41 Å². The lowest BCUT2D eigenvalue weighted by Gasteiger charge is -2.38. The van der Waals surface area contributed by atoms with Crippen molar-refractivity contribution in [3.8, 4) is 0 Å². The average Bonchev–Trinajstić information content (AvgIpc) is 2.91. The fourth-order valence-corrected chi connectivity index (χ4v) is 4.15. The Hall–Kier alpha value is -0.120. The van der Waals surface area contributed by atoms with E-state index in [2.05, 4.69) is 4.90 Å². The number of rotatable bonds is 3. The average molecular weight is 239 g/mol. The first-order valence-electron chi connectivity index (χ1n) is 7.22. The zero-order chi connectivity index (χ0) is 11.7. The first-order chi connectivity index (χ1) is 8.31. The molecule has 2 heterocycles. The highest BCUT2D eigenvalue weighted by atomic mass is 16.5. The molecule has 3 aliphatic rings. The summed E-state index contributed by atoms with van der Waals surface area (Å²) in [4.78, 5) is 2.60. The van der Waals surface area contributed by atoms with Crippen LogP contribution >= 0.6 is 0 Å². The molecule has 0 bridgehead atoms. The largest absolute Gasteiger partial charge is 0.396 e. The van der Waals surface area contributed by atoms with E-state index in [1.54, 1.807) is 0 Å². The number of likely N-dealkylation sites (tertiary alicyclic amines) is 1. The molecule has 0 aromatic carbocycles. The molecule has 2 aliphatic heterocycles. The van der Waals surface area contributed by atoms with Crippen molar-refractivity contribution in [2.75, 3.05) is 39.5 Å². The summed E-state index contributed by atoms with van der Waals surface area (Å²) in [6, 6.07) is 0. The molecule has 1 saturated carbocycles. The molecular formula is C14H25NO2. The highest BCUT2D eigenvalue weighted by Gasteiger charge is 2.40. The third kappa shape index (κ3) is 2.38. The number of fused-ring (bicyclic) bond motifs is 1. The number of hydrogen-bond donors (Lipinski definition) is 1. The third-order valence-electron chi connectivity index (χ3n) is 5.10. The molecule has 1 N–H and O–H groups in total. The maximum absolute atomic E-state index is 9.70. The Kier molecular flexibility index (Phi) is 3.42. The van der Waals surface area contributed by atoms with Gasteiger partial charge in [-0.05, 0) is 37.5 Å². The summed E-state index contributed by atoms with van der Waals surface area (Å²) in [7, 11) is 0. The van der Waals surface area contributed by atoms with Gasteiger partial charge in [-0.3, -0.25) is 0 Å². The smallest absolute Gasteiger partial charge is 0.0556 e. The Bertz CT molecular complexity index is 251. The van der Waals surface area contributed by atoms with Crippen molar-refractivity contribution in [3.05, 3.63) is 0 Å². The van der Waals surface area contributed by atoms with E-state index in [4.69, 9.17) is 4.74 Å². The van der Waals surface area contributed by atoms with Gasteiger partial charge in [0.05, 0.1) is 13.2 Å². The van der Waals surface area contributed by atoms with E-state index < -0.39 is 0 Å². The molecule has 3 unspecified atom stereocenters. The van der Waals surface area contributed by atoms with Gasteiger partial charge in [-0.2, -0.15) is 0 Å². The Morgan fingerprint density at radius 1 is 1.18 bits per heavy atom. The van der Waals surface area contributed by atoms with Crippen LogP contribution in [0.15, 0.2) is 0 Å². The highest BCUT2D eigenvalue weighted by Crippen LogP contribution is 2.39. The van der Waals surface area contributed by atoms with Crippen LogP contribution in [0.4, 0.5) is 0 Å². The molecular weight excluding hydrogens is 214 g/mol. The summed E-state index contributed by atoms with van der Waals surface area (Å²) in [6.07, 6.45) is 6.56. The van der Waals surface area contributed by atoms with Crippen LogP contribution in [-0.4, -0.2) is 49.5 Å². The van der Waals surface area contributed by atoms with Crippen LogP contribution in [-0.2, 0) is 4.74 Å². The van der Waals surface area contributed by atoms with Crippen LogP contribution in [0.5, 0.6) is 0 Å². The van der Waals surface area contributed by atoms with Crippen LogP contribution in [0, 0.1) is 17.3 Å². The Balaban J connectivity index is 1.58. The molecule has 0 radical (unpaired) electrons. The van der Waals surface area contributed by atoms with E-state index in [1.165, 1.54) is 32.4 Å². The van der Waals surface area contributed by atoms with Crippen molar-refractivity contribution in [3.63, 3.8) is 0 Å². The van der Waals surface area contributed by atoms with Crippen molar-refractivity contribution in [1.29, 1.82) is 0 Å². The van der Waals surface area contributed by atoms with Crippen LogP contribution < -0.4 is 0 Å². The van der Waals surface area contributed by atoms with E-state index >= 15 is 0 Å². The summed E-state index contributed by atoms with van der Waals surface area (Å²) in [6.45, 7) is 5.52. The number of nitrogens with zero attached hydrogens (tertiary/aromatic N) is 1. The Morgan fingerprint density at radius 3 is 2.53 bits per heavy atom. The third-order valence-corrected chi connectivity index (χ3v) is 5.10. The van der Waals surface area contributed by atoms with Crippen molar-refractivity contribution < 1.29 is 9.84 Å². The molecule has 3 fully saturated rings. The number of aliphatic hydroxyl groups excluding tert-OH is 1. The van der Waals surface area contributed by atoms with Gasteiger partial charge < -0.3 is 14.7 Å². The van der Waals surface area contributed by atoms with Gasteiger partial charge >= 0.3 is 0 Å². The zero-order valence-corrected chi connectivity index (χ0v) is 10.7. The highest BCUT2D eigenvalue weighted by molar-refractivity contribution is 4.92. The van der Waals surface area contributed by atoms with Crippen LogP contribution in [0.25, 0.3) is 0 Å². The summed E-state index contributed by atoms with van der Waals surface area (Å²) >= 11 is 0. The second-order valence-electron chi connectivity index (χ2n) is 6.46. The zero-order valence-electron chi connectivity index (χ0n) is 10.7. The molecule has 3 nitrogen and oxygen atoms in total. The molecule has 3 heteroatoms. The van der Waals surface area contributed by atoms with Gasteiger partial charge in [-0.25, -0.2) is 0 Å². The molecule has 3 rings (SSSR count). The van der Waals surface area contributed by atoms with Gasteiger partial charge in [0.1, 0.15) is 0 Å². The summed E-state index contributed by atoms with van der Waals surface area (Å²) in [5, 5.41) is 9.70. The molecule has 0 spiro atoms. The lowest BCUT2D eigenvalue weighted by molar-refractivity contribution is -0.0533. The predicted octanol–water partition coefficient (Wildman–Crippen LogP) is 1.51.